The highest BCUT2D eigenvalue weighted by molar-refractivity contribution is 7.00. The molecule has 1 saturated carbocycles. The number of hydrogen-bond donors (Lipinski definition) is 0. The van der Waals surface area contributed by atoms with E-state index in [-0.39, 0.29) is 18.2 Å². The van der Waals surface area contributed by atoms with Crippen LogP contribution >= 0.6 is 11.7 Å². The minimum absolute atomic E-state index is 0.0809. The highest BCUT2D eigenvalue weighted by atomic mass is 32.1. The molecule has 3 aromatic carbocycles. The number of aryl methyl sites for hydroxylation is 1. The molecule has 2 aromatic heterocycles. The van der Waals surface area contributed by atoms with E-state index in [9.17, 15) is 14.4 Å². The van der Waals surface area contributed by atoms with Gasteiger partial charge in [-0.1, -0.05) is 55.2 Å². The van der Waals surface area contributed by atoms with Crippen LogP contribution in [-0.2, 0) is 11.3 Å². The van der Waals surface area contributed by atoms with E-state index in [1.807, 2.05) is 31.2 Å². The third-order valence-corrected chi connectivity index (χ3v) is 8.12. The molecule has 1 fully saturated rings. The van der Waals surface area contributed by atoms with Crippen LogP contribution in [0.15, 0.2) is 65.5 Å². The molecule has 12 nitrogen and oxygen atoms in total. The Kier molecular flexibility index (Phi) is 7.97. The van der Waals surface area contributed by atoms with Crippen molar-refractivity contribution in [1.29, 1.82) is 0 Å². The molecule has 0 aliphatic heterocycles. The van der Waals surface area contributed by atoms with Crippen molar-refractivity contribution in [3.8, 4) is 11.4 Å². The van der Waals surface area contributed by atoms with Crippen molar-refractivity contribution in [2.45, 2.75) is 51.7 Å². The van der Waals surface area contributed by atoms with Crippen molar-refractivity contribution in [2.24, 2.45) is 0 Å². The summed E-state index contributed by atoms with van der Waals surface area (Å²) in [5.41, 5.74) is 3.28. The van der Waals surface area contributed by atoms with Crippen molar-refractivity contribution in [2.75, 3.05) is 12.0 Å². The maximum absolute atomic E-state index is 14.1. The van der Waals surface area contributed by atoms with E-state index >= 15 is 0 Å². The first kappa shape index (κ1) is 28.2. The number of nitrogens with zero attached hydrogens (tertiary/aromatic N) is 7. The summed E-state index contributed by atoms with van der Waals surface area (Å²) in [6.07, 6.45) is 4.38. The quantitative estimate of drug-likeness (QED) is 0.189. The number of carbonyl (C=O) groups is 2. The zero-order chi connectivity index (χ0) is 29.9. The van der Waals surface area contributed by atoms with E-state index in [0.29, 0.717) is 28.2 Å². The van der Waals surface area contributed by atoms with Crippen LogP contribution in [0.5, 0.6) is 5.75 Å². The number of amides is 1. The molecule has 0 spiro atoms. The van der Waals surface area contributed by atoms with Gasteiger partial charge in [0.2, 0.25) is 0 Å². The minimum atomic E-state index is -0.738. The van der Waals surface area contributed by atoms with Crippen molar-refractivity contribution in [1.82, 2.24) is 28.5 Å². The predicted molar refractivity (Wildman–Crippen MR) is 160 cm³/mol. The van der Waals surface area contributed by atoms with Gasteiger partial charge in [0.1, 0.15) is 34.6 Å². The van der Waals surface area contributed by atoms with E-state index in [1.165, 1.54) is 12.0 Å². The van der Waals surface area contributed by atoms with Crippen LogP contribution < -0.4 is 15.3 Å². The number of fused-ring (bicyclic) bond motifs is 1. The average Bonchev–Trinajstić information content (AvgIpc) is 3.68. The standard InChI is InChI=1S/C30H29N7O5S/c1-19-11-13-20(14-12-19)18-42-28(38)23-17-22(15-16-26(23)41-2)35(21-7-4-3-5-8-21)29(39)37-30(40)36(33-34-37)25-10-6-9-24-27(25)32-43-31-24/h6,9-17,21H,3-5,7-8,18H2,1-2H3. The largest absolute Gasteiger partial charge is 0.496 e. The number of esters is 1. The van der Waals surface area contributed by atoms with Crippen LogP contribution in [0.1, 0.15) is 53.6 Å². The Hall–Kier alpha value is -4.91. The molecule has 0 atom stereocenters. The second-order valence-electron chi connectivity index (χ2n) is 10.4. The van der Waals surface area contributed by atoms with E-state index in [2.05, 4.69) is 19.2 Å². The number of hydrogen-bond acceptors (Lipinski definition) is 10. The summed E-state index contributed by atoms with van der Waals surface area (Å²) >= 11 is 1.02. The summed E-state index contributed by atoms with van der Waals surface area (Å²) in [5.74, 6) is -0.287. The Morgan fingerprint density at radius 2 is 1.79 bits per heavy atom. The van der Waals surface area contributed by atoms with Gasteiger partial charge >= 0.3 is 17.7 Å². The van der Waals surface area contributed by atoms with Gasteiger partial charge in [0.05, 0.1) is 18.8 Å². The van der Waals surface area contributed by atoms with Crippen LogP contribution in [0.4, 0.5) is 10.5 Å². The molecule has 13 heteroatoms. The van der Waals surface area contributed by atoms with Gasteiger partial charge in [-0.2, -0.15) is 13.4 Å². The lowest BCUT2D eigenvalue weighted by Gasteiger charge is -2.34. The summed E-state index contributed by atoms with van der Waals surface area (Å²) in [6.45, 7) is 2.07. The molecule has 2 heterocycles. The fraction of sp³-hybridized carbons (Fsp3) is 0.300. The molecular weight excluding hydrogens is 570 g/mol. The van der Waals surface area contributed by atoms with Crippen LogP contribution in [-0.4, -0.2) is 53.7 Å². The lowest BCUT2D eigenvalue weighted by atomic mass is 9.94. The third-order valence-electron chi connectivity index (χ3n) is 7.57. The second kappa shape index (κ2) is 12.1. The van der Waals surface area contributed by atoms with Gasteiger partial charge in [0.25, 0.3) is 0 Å². The van der Waals surface area contributed by atoms with Gasteiger partial charge in [-0.25, -0.2) is 14.4 Å². The Balaban J connectivity index is 1.35. The fourth-order valence-electron chi connectivity index (χ4n) is 5.32. The highest BCUT2D eigenvalue weighted by Crippen LogP contribution is 2.32. The minimum Gasteiger partial charge on any atom is -0.496 e. The van der Waals surface area contributed by atoms with Crippen LogP contribution in [0, 0.1) is 6.92 Å². The monoisotopic (exact) mass is 599 g/mol. The molecule has 6 rings (SSSR count). The zero-order valence-corrected chi connectivity index (χ0v) is 24.5. The topological polar surface area (TPSA) is 134 Å². The number of benzene rings is 3. The molecule has 43 heavy (non-hydrogen) atoms. The number of methoxy groups -OCH3 is 1. The molecule has 1 amide bonds. The van der Waals surface area contributed by atoms with Crippen LogP contribution in [0.2, 0.25) is 0 Å². The SMILES string of the molecule is COc1ccc(N(C(=O)n2nnn(-c3cccc4nsnc34)c2=O)C2CCCCC2)cc1C(=O)OCc1ccc(C)cc1. The van der Waals surface area contributed by atoms with Gasteiger partial charge < -0.3 is 9.47 Å². The van der Waals surface area contributed by atoms with Crippen molar-refractivity contribution in [3.63, 3.8) is 0 Å². The molecule has 220 valence electrons. The summed E-state index contributed by atoms with van der Waals surface area (Å²) in [4.78, 5) is 42.4. The molecule has 0 unspecified atom stereocenters. The second-order valence-corrected chi connectivity index (χ2v) is 10.9. The Labute approximate surface area is 250 Å². The predicted octanol–water partition coefficient (Wildman–Crippen LogP) is 4.92. The Morgan fingerprint density at radius 1 is 1.00 bits per heavy atom. The maximum Gasteiger partial charge on any atom is 0.377 e. The number of ether oxygens (including phenoxy) is 2. The van der Waals surface area contributed by atoms with Gasteiger partial charge in [0, 0.05) is 11.7 Å². The first-order chi connectivity index (χ1) is 20.9. The van der Waals surface area contributed by atoms with E-state index in [1.54, 1.807) is 36.4 Å². The molecule has 1 aliphatic carbocycles. The zero-order valence-electron chi connectivity index (χ0n) is 23.7. The molecule has 0 saturated heterocycles. The third kappa shape index (κ3) is 5.63. The van der Waals surface area contributed by atoms with Crippen molar-refractivity contribution < 1.29 is 19.1 Å². The van der Waals surface area contributed by atoms with E-state index < -0.39 is 17.7 Å². The van der Waals surface area contributed by atoms with Gasteiger partial charge in [-0.3, -0.25) is 4.90 Å². The molecule has 0 radical (unpaired) electrons. The number of tetrazole rings is 1. The average molecular weight is 600 g/mol. The number of rotatable bonds is 7. The first-order valence-corrected chi connectivity index (χ1v) is 14.7. The Bertz CT molecular complexity index is 1840. The van der Waals surface area contributed by atoms with Gasteiger partial charge in [0.15, 0.2) is 0 Å². The van der Waals surface area contributed by atoms with Gasteiger partial charge in [-0.15, -0.1) is 4.68 Å². The lowest BCUT2D eigenvalue weighted by molar-refractivity contribution is 0.0469. The van der Waals surface area contributed by atoms with Gasteiger partial charge in [-0.05, 0) is 66.1 Å². The summed E-state index contributed by atoms with van der Waals surface area (Å²) < 4.78 is 21.3. The molecule has 5 aromatic rings. The lowest BCUT2D eigenvalue weighted by Crippen LogP contribution is -2.47. The van der Waals surface area contributed by atoms with Crippen LogP contribution in [0.25, 0.3) is 16.7 Å². The fourth-order valence-corrected chi connectivity index (χ4v) is 5.86. The summed E-state index contributed by atoms with van der Waals surface area (Å²) in [7, 11) is 1.46. The molecular formula is C30H29N7O5S. The summed E-state index contributed by atoms with van der Waals surface area (Å²) in [6, 6.07) is 16.9. The maximum atomic E-state index is 14.1. The van der Waals surface area contributed by atoms with E-state index in [4.69, 9.17) is 9.47 Å². The molecule has 0 N–H and O–H groups in total. The molecule has 1 aliphatic rings. The number of carbonyl (C=O) groups excluding carboxylic acids is 2. The normalized spacial score (nSPS) is 13.6. The van der Waals surface area contributed by atoms with Crippen molar-refractivity contribution in [3.05, 3.63) is 87.8 Å². The highest BCUT2D eigenvalue weighted by Gasteiger charge is 2.32. The summed E-state index contributed by atoms with van der Waals surface area (Å²) in [5, 5.41) is 7.95. The van der Waals surface area contributed by atoms with E-state index in [0.717, 1.165) is 64.3 Å². The number of aromatic nitrogens is 6. The smallest absolute Gasteiger partial charge is 0.377 e. The first-order valence-electron chi connectivity index (χ1n) is 14.0. The van der Waals surface area contributed by atoms with Crippen LogP contribution in [0.3, 0.4) is 0 Å². The Morgan fingerprint density at radius 3 is 2.56 bits per heavy atom. The van der Waals surface area contributed by atoms with Crippen molar-refractivity contribution >= 4 is 40.4 Å². The molecule has 0 bridgehead atoms. The number of anilines is 1.